The van der Waals surface area contributed by atoms with Gasteiger partial charge in [-0.05, 0) is 18.6 Å². The van der Waals surface area contributed by atoms with Gasteiger partial charge in [0.25, 0.3) is 0 Å². The van der Waals surface area contributed by atoms with Crippen molar-refractivity contribution in [3.63, 3.8) is 0 Å². The highest BCUT2D eigenvalue weighted by atomic mass is 32.2. The Balaban J connectivity index is 3.26. The Hall–Kier alpha value is -1.56. The summed E-state index contributed by atoms with van der Waals surface area (Å²) in [5, 5.41) is 8.64. The number of carboxylic acid groups (broad SMARTS) is 1. The molecule has 0 unspecified atom stereocenters. The van der Waals surface area contributed by atoms with Crippen LogP contribution in [0.1, 0.15) is 12.0 Å². The number of carboxylic acids is 1. The molecule has 0 fully saturated rings. The van der Waals surface area contributed by atoms with E-state index in [4.69, 9.17) is 9.84 Å². The molecule has 0 aliphatic heterocycles. The van der Waals surface area contributed by atoms with Gasteiger partial charge in [0.05, 0.1) is 12.0 Å². The molecule has 0 amide bonds. The summed E-state index contributed by atoms with van der Waals surface area (Å²) in [6, 6.07) is 4.64. The third-order valence-corrected chi connectivity index (χ3v) is 3.48. The van der Waals surface area contributed by atoms with Gasteiger partial charge in [-0.1, -0.05) is 6.07 Å². The van der Waals surface area contributed by atoms with E-state index >= 15 is 0 Å². The number of carbonyl (C=O) groups is 1. The Labute approximate surface area is 100.0 Å². The van der Waals surface area contributed by atoms with Gasteiger partial charge in [-0.25, -0.2) is 8.42 Å². The molecule has 0 saturated heterocycles. The van der Waals surface area contributed by atoms with Gasteiger partial charge >= 0.3 is 5.97 Å². The number of hydrogen-bond donors (Lipinski definition) is 1. The summed E-state index contributed by atoms with van der Waals surface area (Å²) < 4.78 is 28.2. The zero-order valence-electron chi connectivity index (χ0n) is 9.63. The van der Waals surface area contributed by atoms with E-state index in [0.717, 1.165) is 6.26 Å². The molecular formula is C11H14O5S. The average molecular weight is 258 g/mol. The standard InChI is InChI=1S/C11H14O5S/c1-16-9-4-3-5-10(17(2,14)15)8(9)6-7-11(12)13/h3-5H,6-7H2,1-2H3,(H,12,13). The van der Waals surface area contributed by atoms with Crippen LogP contribution in [0.5, 0.6) is 5.75 Å². The maximum absolute atomic E-state index is 11.6. The number of methoxy groups -OCH3 is 1. The summed E-state index contributed by atoms with van der Waals surface area (Å²) in [6.45, 7) is 0. The van der Waals surface area contributed by atoms with Crippen molar-refractivity contribution in [1.82, 2.24) is 0 Å². The highest BCUT2D eigenvalue weighted by Gasteiger charge is 2.17. The van der Waals surface area contributed by atoms with Crippen LogP contribution in [0, 0.1) is 0 Å². The van der Waals surface area contributed by atoms with Crippen LogP contribution in [0.25, 0.3) is 0 Å². The molecule has 5 nitrogen and oxygen atoms in total. The van der Waals surface area contributed by atoms with Crippen LogP contribution in [0.2, 0.25) is 0 Å². The zero-order chi connectivity index (χ0) is 13.1. The lowest BCUT2D eigenvalue weighted by Crippen LogP contribution is -2.07. The quantitative estimate of drug-likeness (QED) is 0.855. The molecule has 0 spiro atoms. The monoisotopic (exact) mass is 258 g/mol. The van der Waals surface area contributed by atoms with Gasteiger partial charge in [0, 0.05) is 18.2 Å². The van der Waals surface area contributed by atoms with Crippen molar-refractivity contribution in [2.45, 2.75) is 17.7 Å². The maximum Gasteiger partial charge on any atom is 0.303 e. The summed E-state index contributed by atoms with van der Waals surface area (Å²) in [7, 11) is -1.96. The predicted molar refractivity (Wildman–Crippen MR) is 62.1 cm³/mol. The largest absolute Gasteiger partial charge is 0.496 e. The third kappa shape index (κ3) is 3.45. The van der Waals surface area contributed by atoms with Crippen LogP contribution in [-0.4, -0.2) is 32.9 Å². The minimum Gasteiger partial charge on any atom is -0.496 e. The van der Waals surface area contributed by atoms with Crippen LogP contribution >= 0.6 is 0 Å². The van der Waals surface area contributed by atoms with Crippen molar-refractivity contribution in [3.05, 3.63) is 23.8 Å². The van der Waals surface area contributed by atoms with Crippen LogP contribution < -0.4 is 4.74 Å². The van der Waals surface area contributed by atoms with Crippen LogP contribution in [0.15, 0.2) is 23.1 Å². The third-order valence-electron chi connectivity index (χ3n) is 2.30. The van der Waals surface area contributed by atoms with E-state index in [2.05, 4.69) is 0 Å². The number of hydrogen-bond acceptors (Lipinski definition) is 4. The predicted octanol–water partition coefficient (Wildman–Crippen LogP) is 1.12. The van der Waals surface area contributed by atoms with Crippen LogP contribution in [-0.2, 0) is 21.1 Å². The van der Waals surface area contributed by atoms with Gasteiger partial charge < -0.3 is 9.84 Å². The first-order valence-electron chi connectivity index (χ1n) is 4.94. The highest BCUT2D eigenvalue weighted by molar-refractivity contribution is 7.90. The van der Waals surface area contributed by atoms with Crippen molar-refractivity contribution in [3.8, 4) is 5.75 Å². The fourth-order valence-corrected chi connectivity index (χ4v) is 2.54. The van der Waals surface area contributed by atoms with Crippen molar-refractivity contribution in [2.75, 3.05) is 13.4 Å². The van der Waals surface area contributed by atoms with E-state index in [1.54, 1.807) is 12.1 Å². The number of rotatable bonds is 5. The first-order valence-corrected chi connectivity index (χ1v) is 6.83. The van der Waals surface area contributed by atoms with Crippen molar-refractivity contribution in [1.29, 1.82) is 0 Å². The number of aliphatic carboxylic acids is 1. The average Bonchev–Trinajstić information content (AvgIpc) is 2.24. The van der Waals surface area contributed by atoms with Gasteiger partial charge in [-0.15, -0.1) is 0 Å². The number of ether oxygens (including phenoxy) is 1. The van der Waals surface area contributed by atoms with Gasteiger partial charge in [0.1, 0.15) is 5.75 Å². The molecule has 0 radical (unpaired) electrons. The zero-order valence-corrected chi connectivity index (χ0v) is 10.5. The first kappa shape index (κ1) is 13.5. The lowest BCUT2D eigenvalue weighted by Gasteiger charge is -2.11. The van der Waals surface area contributed by atoms with E-state index in [-0.39, 0.29) is 17.7 Å². The first-order chi connectivity index (χ1) is 7.86. The number of sulfone groups is 1. The van der Waals surface area contributed by atoms with E-state index in [1.807, 2.05) is 0 Å². The second-order valence-electron chi connectivity index (χ2n) is 3.60. The number of benzene rings is 1. The molecule has 1 aromatic rings. The molecule has 1 N–H and O–H groups in total. The van der Waals surface area contributed by atoms with Crippen molar-refractivity contribution in [2.24, 2.45) is 0 Å². The molecule has 1 aromatic carbocycles. The molecule has 0 heterocycles. The molecule has 6 heteroatoms. The summed E-state index contributed by atoms with van der Waals surface area (Å²) in [6.07, 6.45) is 1.08. The van der Waals surface area contributed by atoms with Crippen LogP contribution in [0.3, 0.4) is 0 Å². The summed E-state index contributed by atoms with van der Waals surface area (Å²) in [5.41, 5.74) is 0.417. The molecular weight excluding hydrogens is 244 g/mol. The Morgan fingerprint density at radius 3 is 2.53 bits per heavy atom. The Kier molecular flexibility index (Phi) is 4.11. The minimum absolute atomic E-state index is 0.123. The fourth-order valence-electron chi connectivity index (χ4n) is 1.56. The normalized spacial score (nSPS) is 11.2. The van der Waals surface area contributed by atoms with E-state index in [1.165, 1.54) is 13.2 Å². The Morgan fingerprint density at radius 2 is 2.06 bits per heavy atom. The van der Waals surface area contributed by atoms with E-state index in [9.17, 15) is 13.2 Å². The van der Waals surface area contributed by atoms with Crippen molar-refractivity contribution < 1.29 is 23.1 Å². The SMILES string of the molecule is COc1cccc(S(C)(=O)=O)c1CCC(=O)O. The lowest BCUT2D eigenvalue weighted by atomic mass is 10.1. The topological polar surface area (TPSA) is 80.7 Å². The maximum atomic E-state index is 11.6. The molecule has 0 atom stereocenters. The summed E-state index contributed by atoms with van der Waals surface area (Å²) in [5.74, 6) is -0.579. The van der Waals surface area contributed by atoms with E-state index < -0.39 is 15.8 Å². The van der Waals surface area contributed by atoms with Gasteiger partial charge in [-0.3, -0.25) is 4.79 Å². The van der Waals surface area contributed by atoms with Gasteiger partial charge in [0.15, 0.2) is 9.84 Å². The molecule has 0 aliphatic rings. The fraction of sp³-hybridized carbons (Fsp3) is 0.364. The Morgan fingerprint density at radius 1 is 1.41 bits per heavy atom. The smallest absolute Gasteiger partial charge is 0.303 e. The Bertz CT molecular complexity index is 519. The lowest BCUT2D eigenvalue weighted by molar-refractivity contribution is -0.136. The molecule has 0 aromatic heterocycles. The molecule has 0 saturated carbocycles. The van der Waals surface area contributed by atoms with Gasteiger partial charge in [-0.2, -0.15) is 0 Å². The molecule has 17 heavy (non-hydrogen) atoms. The highest BCUT2D eigenvalue weighted by Crippen LogP contribution is 2.27. The van der Waals surface area contributed by atoms with Gasteiger partial charge in [0.2, 0.25) is 0 Å². The minimum atomic E-state index is -3.39. The molecule has 0 bridgehead atoms. The second kappa shape index (κ2) is 5.18. The summed E-state index contributed by atoms with van der Waals surface area (Å²) in [4.78, 5) is 10.7. The molecule has 1 rings (SSSR count). The molecule has 94 valence electrons. The van der Waals surface area contributed by atoms with Crippen LogP contribution in [0.4, 0.5) is 0 Å². The molecule has 0 aliphatic carbocycles. The second-order valence-corrected chi connectivity index (χ2v) is 5.59. The van der Waals surface area contributed by atoms with E-state index in [0.29, 0.717) is 11.3 Å². The van der Waals surface area contributed by atoms with Crippen molar-refractivity contribution >= 4 is 15.8 Å². The summed E-state index contributed by atoms with van der Waals surface area (Å²) >= 11 is 0.